The van der Waals surface area contributed by atoms with Gasteiger partial charge in [0.25, 0.3) is 0 Å². The van der Waals surface area contributed by atoms with E-state index in [1.165, 1.54) is 0 Å². The van der Waals surface area contributed by atoms with Crippen LogP contribution in [-0.4, -0.2) is 11.3 Å². The summed E-state index contributed by atoms with van der Waals surface area (Å²) in [5, 5.41) is 10.0. The van der Waals surface area contributed by atoms with Crippen LogP contribution in [-0.2, 0) is 0 Å². The Labute approximate surface area is 118 Å². The molecule has 0 fully saturated rings. The Morgan fingerprint density at radius 3 is 2.05 bits per heavy atom. The molecule has 1 unspecified atom stereocenters. The standard InChI is InChI=1S/C16H23F3O/c1-10(2)12-5-6-13(14(9-12)11(3)4)15(20)7-8-16(17,18)19/h5-6,9-11,15,20H,7-8H2,1-4H3. The summed E-state index contributed by atoms with van der Waals surface area (Å²) in [6.45, 7) is 8.11. The summed E-state index contributed by atoms with van der Waals surface area (Å²) in [5.41, 5.74) is 2.69. The summed E-state index contributed by atoms with van der Waals surface area (Å²) >= 11 is 0. The average Bonchev–Trinajstić information content (AvgIpc) is 2.34. The molecule has 0 aromatic heterocycles. The highest BCUT2D eigenvalue weighted by atomic mass is 19.4. The SMILES string of the molecule is CC(C)c1ccc(C(O)CCC(F)(F)F)c(C(C)C)c1. The molecule has 1 nitrogen and oxygen atoms in total. The topological polar surface area (TPSA) is 20.2 Å². The lowest BCUT2D eigenvalue weighted by molar-refractivity contribution is -0.140. The van der Waals surface area contributed by atoms with Gasteiger partial charge in [0.15, 0.2) is 0 Å². The fourth-order valence-electron chi connectivity index (χ4n) is 2.21. The summed E-state index contributed by atoms with van der Waals surface area (Å²) in [6.07, 6.45) is -6.53. The maximum atomic E-state index is 12.2. The largest absolute Gasteiger partial charge is 0.389 e. The molecule has 1 N–H and O–H groups in total. The second-order valence-corrected chi connectivity index (χ2v) is 5.87. The van der Waals surface area contributed by atoms with Crippen LogP contribution in [0.1, 0.15) is 75.2 Å². The Kier molecular flexibility index (Phi) is 5.63. The Morgan fingerprint density at radius 1 is 1.00 bits per heavy atom. The van der Waals surface area contributed by atoms with Crippen molar-refractivity contribution in [3.8, 4) is 0 Å². The van der Waals surface area contributed by atoms with Crippen LogP contribution in [0.2, 0.25) is 0 Å². The van der Waals surface area contributed by atoms with E-state index in [1.807, 2.05) is 26.0 Å². The highest BCUT2D eigenvalue weighted by Crippen LogP contribution is 2.33. The first kappa shape index (κ1) is 17.0. The molecular formula is C16H23F3O. The fourth-order valence-corrected chi connectivity index (χ4v) is 2.21. The van der Waals surface area contributed by atoms with Crippen molar-refractivity contribution < 1.29 is 18.3 Å². The summed E-state index contributed by atoms with van der Waals surface area (Å²) in [6, 6.07) is 5.66. The molecule has 0 saturated heterocycles. The van der Waals surface area contributed by atoms with Crippen LogP contribution in [0.15, 0.2) is 18.2 Å². The minimum Gasteiger partial charge on any atom is -0.388 e. The molecule has 20 heavy (non-hydrogen) atoms. The van der Waals surface area contributed by atoms with Crippen molar-refractivity contribution in [2.45, 2.75) is 64.7 Å². The van der Waals surface area contributed by atoms with Crippen LogP contribution < -0.4 is 0 Å². The summed E-state index contributed by atoms with van der Waals surface area (Å²) < 4.78 is 36.7. The molecule has 1 aromatic carbocycles. The molecule has 0 amide bonds. The smallest absolute Gasteiger partial charge is 0.388 e. The molecule has 1 atom stereocenters. The van der Waals surface area contributed by atoms with Crippen molar-refractivity contribution >= 4 is 0 Å². The predicted molar refractivity (Wildman–Crippen MR) is 74.9 cm³/mol. The zero-order valence-electron chi connectivity index (χ0n) is 12.5. The van der Waals surface area contributed by atoms with Gasteiger partial charge in [0.1, 0.15) is 0 Å². The maximum absolute atomic E-state index is 12.2. The molecule has 1 rings (SSSR count). The van der Waals surface area contributed by atoms with Crippen molar-refractivity contribution in [3.63, 3.8) is 0 Å². The van der Waals surface area contributed by atoms with E-state index in [0.29, 0.717) is 11.5 Å². The van der Waals surface area contributed by atoms with Crippen LogP contribution in [0.5, 0.6) is 0 Å². The lowest BCUT2D eigenvalue weighted by Crippen LogP contribution is -2.11. The first-order chi connectivity index (χ1) is 9.11. The number of alkyl halides is 3. The van der Waals surface area contributed by atoms with Gasteiger partial charge in [-0.2, -0.15) is 13.2 Å². The maximum Gasteiger partial charge on any atom is 0.389 e. The van der Waals surface area contributed by atoms with Crippen LogP contribution >= 0.6 is 0 Å². The van der Waals surface area contributed by atoms with Crippen molar-refractivity contribution in [2.75, 3.05) is 0 Å². The van der Waals surface area contributed by atoms with Crippen LogP contribution in [0, 0.1) is 0 Å². The number of rotatable bonds is 5. The van der Waals surface area contributed by atoms with Crippen molar-refractivity contribution in [1.29, 1.82) is 0 Å². The van der Waals surface area contributed by atoms with E-state index in [0.717, 1.165) is 11.1 Å². The number of hydrogen-bond donors (Lipinski definition) is 1. The molecule has 4 heteroatoms. The summed E-state index contributed by atoms with van der Waals surface area (Å²) in [5.74, 6) is 0.526. The highest BCUT2D eigenvalue weighted by Gasteiger charge is 2.29. The second kappa shape index (κ2) is 6.61. The van der Waals surface area contributed by atoms with Gasteiger partial charge < -0.3 is 5.11 Å². The van der Waals surface area contributed by atoms with Gasteiger partial charge in [-0.25, -0.2) is 0 Å². The van der Waals surface area contributed by atoms with Gasteiger partial charge in [0.05, 0.1) is 6.10 Å². The molecule has 1 aromatic rings. The van der Waals surface area contributed by atoms with Crippen molar-refractivity contribution in [2.24, 2.45) is 0 Å². The number of halogens is 3. The average molecular weight is 288 g/mol. The van der Waals surface area contributed by atoms with E-state index in [-0.39, 0.29) is 12.3 Å². The first-order valence-electron chi connectivity index (χ1n) is 7.00. The van der Waals surface area contributed by atoms with Gasteiger partial charge in [-0.05, 0) is 34.9 Å². The molecule has 0 radical (unpaired) electrons. The van der Waals surface area contributed by atoms with Crippen molar-refractivity contribution in [3.05, 3.63) is 34.9 Å². The van der Waals surface area contributed by atoms with Gasteiger partial charge in [-0.15, -0.1) is 0 Å². The van der Waals surface area contributed by atoms with Gasteiger partial charge in [0, 0.05) is 6.42 Å². The third-order valence-electron chi connectivity index (χ3n) is 3.46. The number of hydrogen-bond acceptors (Lipinski definition) is 1. The third-order valence-corrected chi connectivity index (χ3v) is 3.46. The third kappa shape index (κ3) is 4.82. The van der Waals surface area contributed by atoms with Gasteiger partial charge in [-0.3, -0.25) is 0 Å². The lowest BCUT2D eigenvalue weighted by atomic mass is 9.88. The zero-order valence-corrected chi connectivity index (χ0v) is 12.5. The van der Waals surface area contributed by atoms with Crippen LogP contribution in [0.4, 0.5) is 13.2 Å². The molecule has 0 saturated carbocycles. The van der Waals surface area contributed by atoms with E-state index < -0.39 is 18.7 Å². The minimum atomic E-state index is -4.23. The molecule has 0 heterocycles. The normalized spacial score (nSPS) is 14.1. The molecule has 0 aliphatic rings. The quantitative estimate of drug-likeness (QED) is 0.778. The molecule has 114 valence electrons. The lowest BCUT2D eigenvalue weighted by Gasteiger charge is -2.20. The monoisotopic (exact) mass is 288 g/mol. The van der Waals surface area contributed by atoms with Gasteiger partial charge >= 0.3 is 6.18 Å². The number of aliphatic hydroxyl groups excluding tert-OH is 1. The summed E-state index contributed by atoms with van der Waals surface area (Å²) in [4.78, 5) is 0. The van der Waals surface area contributed by atoms with E-state index in [2.05, 4.69) is 13.8 Å². The van der Waals surface area contributed by atoms with Crippen LogP contribution in [0.25, 0.3) is 0 Å². The Balaban J connectivity index is 2.98. The zero-order chi connectivity index (χ0) is 15.5. The molecular weight excluding hydrogens is 265 g/mol. The van der Waals surface area contributed by atoms with E-state index >= 15 is 0 Å². The molecule has 0 aliphatic heterocycles. The molecule has 0 spiro atoms. The minimum absolute atomic E-state index is 0.171. The fraction of sp³-hybridized carbons (Fsp3) is 0.625. The van der Waals surface area contributed by atoms with E-state index in [9.17, 15) is 18.3 Å². The predicted octanol–water partition coefficient (Wildman–Crippen LogP) is 5.31. The van der Waals surface area contributed by atoms with E-state index in [1.54, 1.807) is 6.07 Å². The number of benzene rings is 1. The highest BCUT2D eigenvalue weighted by molar-refractivity contribution is 5.37. The second-order valence-electron chi connectivity index (χ2n) is 5.87. The van der Waals surface area contributed by atoms with Crippen LogP contribution in [0.3, 0.4) is 0 Å². The van der Waals surface area contributed by atoms with Crippen molar-refractivity contribution in [1.82, 2.24) is 0 Å². The first-order valence-corrected chi connectivity index (χ1v) is 7.00. The Hall–Kier alpha value is -1.03. The molecule has 0 bridgehead atoms. The summed E-state index contributed by atoms with van der Waals surface area (Å²) in [7, 11) is 0. The van der Waals surface area contributed by atoms with Gasteiger partial charge in [-0.1, -0.05) is 45.9 Å². The molecule has 0 aliphatic carbocycles. The number of aliphatic hydroxyl groups is 1. The Bertz CT molecular complexity index is 436. The van der Waals surface area contributed by atoms with E-state index in [4.69, 9.17) is 0 Å². The van der Waals surface area contributed by atoms with Gasteiger partial charge in [0.2, 0.25) is 0 Å². The Morgan fingerprint density at radius 2 is 1.60 bits per heavy atom.